The van der Waals surface area contributed by atoms with Gasteiger partial charge in [-0.1, -0.05) is 35.3 Å². The highest BCUT2D eigenvalue weighted by Gasteiger charge is 2.08. The number of nitrogens with zero attached hydrogens (tertiary/aromatic N) is 2. The Hall–Kier alpha value is -1.71. The third-order valence-corrected chi connectivity index (χ3v) is 4.21. The van der Waals surface area contributed by atoms with E-state index in [9.17, 15) is 0 Å². The minimum Gasteiger partial charge on any atom is -0.366 e. The lowest BCUT2D eigenvalue weighted by Gasteiger charge is -2.14. The van der Waals surface area contributed by atoms with Gasteiger partial charge in [-0.3, -0.25) is 0 Å². The van der Waals surface area contributed by atoms with E-state index in [0.29, 0.717) is 15.7 Å². The standard InChI is InChI=1S/C18H21Cl2N3/c1-5-23(4)11-21-17-9-15(20)18(10-14(17)19)22-16-8-12(2)6-7-13(16)3/h6-11,22H,5H2,1-4H3. The quantitative estimate of drug-likeness (QED) is 0.532. The summed E-state index contributed by atoms with van der Waals surface area (Å²) in [5, 5.41) is 4.49. The van der Waals surface area contributed by atoms with E-state index >= 15 is 0 Å². The first kappa shape index (κ1) is 17.6. The molecular formula is C18H21Cl2N3. The minimum atomic E-state index is 0.558. The van der Waals surface area contributed by atoms with Crippen LogP contribution in [0.4, 0.5) is 17.1 Å². The fourth-order valence-electron chi connectivity index (χ4n) is 1.99. The van der Waals surface area contributed by atoms with Crippen LogP contribution in [0.3, 0.4) is 0 Å². The zero-order valence-electron chi connectivity index (χ0n) is 13.8. The molecule has 0 saturated carbocycles. The van der Waals surface area contributed by atoms with E-state index in [1.54, 1.807) is 12.4 Å². The van der Waals surface area contributed by atoms with Crippen molar-refractivity contribution in [2.24, 2.45) is 4.99 Å². The molecule has 23 heavy (non-hydrogen) atoms. The van der Waals surface area contributed by atoms with Crippen LogP contribution >= 0.6 is 23.2 Å². The molecule has 0 heterocycles. The van der Waals surface area contributed by atoms with Gasteiger partial charge in [-0.15, -0.1) is 0 Å². The highest BCUT2D eigenvalue weighted by atomic mass is 35.5. The van der Waals surface area contributed by atoms with Crippen molar-refractivity contribution in [2.45, 2.75) is 20.8 Å². The molecule has 0 bridgehead atoms. The van der Waals surface area contributed by atoms with Crippen LogP contribution in [0.15, 0.2) is 35.3 Å². The average molecular weight is 350 g/mol. The van der Waals surface area contributed by atoms with Gasteiger partial charge < -0.3 is 10.2 Å². The van der Waals surface area contributed by atoms with Crippen molar-refractivity contribution in [2.75, 3.05) is 18.9 Å². The summed E-state index contributed by atoms with van der Waals surface area (Å²) in [5.41, 5.74) is 4.78. The summed E-state index contributed by atoms with van der Waals surface area (Å²) >= 11 is 12.7. The SMILES string of the molecule is CCN(C)C=Nc1cc(Cl)c(Nc2cc(C)ccc2C)cc1Cl. The number of halogens is 2. The Morgan fingerprint density at radius 1 is 1.09 bits per heavy atom. The van der Waals surface area contributed by atoms with Gasteiger partial charge in [-0.2, -0.15) is 0 Å². The molecule has 0 radical (unpaired) electrons. The monoisotopic (exact) mass is 349 g/mol. The second-order valence-electron chi connectivity index (χ2n) is 5.54. The number of benzene rings is 2. The van der Waals surface area contributed by atoms with Crippen molar-refractivity contribution >= 4 is 46.6 Å². The summed E-state index contributed by atoms with van der Waals surface area (Å²) in [6.45, 7) is 7.04. The van der Waals surface area contributed by atoms with Crippen molar-refractivity contribution in [3.63, 3.8) is 0 Å². The lowest BCUT2D eigenvalue weighted by Crippen LogP contribution is -2.14. The van der Waals surface area contributed by atoms with Crippen LogP contribution < -0.4 is 5.32 Å². The highest BCUT2D eigenvalue weighted by molar-refractivity contribution is 6.37. The summed E-state index contributed by atoms with van der Waals surface area (Å²) < 4.78 is 0. The molecule has 1 N–H and O–H groups in total. The first-order valence-corrected chi connectivity index (χ1v) is 8.24. The first-order valence-electron chi connectivity index (χ1n) is 7.48. The summed E-state index contributed by atoms with van der Waals surface area (Å²) in [4.78, 5) is 6.34. The smallest absolute Gasteiger partial charge is 0.0910 e. The lowest BCUT2D eigenvalue weighted by atomic mass is 10.1. The van der Waals surface area contributed by atoms with Gasteiger partial charge in [0.1, 0.15) is 0 Å². The molecule has 0 amide bonds. The predicted molar refractivity (Wildman–Crippen MR) is 102 cm³/mol. The molecule has 2 aromatic rings. The lowest BCUT2D eigenvalue weighted by molar-refractivity contribution is 0.552. The van der Waals surface area contributed by atoms with Gasteiger partial charge in [-0.05, 0) is 50.1 Å². The van der Waals surface area contributed by atoms with Gasteiger partial charge in [0, 0.05) is 19.3 Å². The molecule has 0 unspecified atom stereocenters. The molecule has 0 saturated heterocycles. The molecule has 3 nitrogen and oxygen atoms in total. The molecule has 0 aliphatic carbocycles. The molecule has 0 aromatic heterocycles. The van der Waals surface area contributed by atoms with Gasteiger partial charge >= 0.3 is 0 Å². The van der Waals surface area contributed by atoms with Crippen molar-refractivity contribution in [3.8, 4) is 0 Å². The summed E-state index contributed by atoms with van der Waals surface area (Å²) in [6, 6.07) is 9.83. The number of rotatable bonds is 5. The third kappa shape index (κ3) is 4.63. The average Bonchev–Trinajstić information content (AvgIpc) is 2.52. The molecule has 0 aliphatic rings. The molecule has 2 aromatic carbocycles. The predicted octanol–water partition coefficient (Wildman–Crippen LogP) is 5.97. The van der Waals surface area contributed by atoms with Gasteiger partial charge in [-0.25, -0.2) is 4.99 Å². The first-order chi connectivity index (χ1) is 10.9. The Kier molecular flexibility index (Phi) is 5.91. The Labute approximate surface area is 147 Å². The maximum absolute atomic E-state index is 6.38. The fourth-order valence-corrected chi connectivity index (χ4v) is 2.41. The van der Waals surface area contributed by atoms with Gasteiger partial charge in [0.15, 0.2) is 0 Å². The Morgan fingerprint density at radius 3 is 2.52 bits per heavy atom. The number of nitrogens with one attached hydrogen (secondary N) is 1. The summed E-state index contributed by atoms with van der Waals surface area (Å²) in [7, 11) is 1.95. The van der Waals surface area contributed by atoms with Gasteiger partial charge in [0.25, 0.3) is 0 Å². The van der Waals surface area contributed by atoms with Crippen LogP contribution in [0, 0.1) is 13.8 Å². The van der Waals surface area contributed by atoms with Crippen LogP contribution in [0.1, 0.15) is 18.1 Å². The maximum Gasteiger partial charge on any atom is 0.0910 e. The number of anilines is 2. The van der Waals surface area contributed by atoms with E-state index in [1.807, 2.05) is 18.0 Å². The van der Waals surface area contributed by atoms with Crippen LogP contribution in [-0.4, -0.2) is 24.8 Å². The zero-order chi connectivity index (χ0) is 17.0. The van der Waals surface area contributed by atoms with Gasteiger partial charge in [0.05, 0.1) is 27.8 Å². The minimum absolute atomic E-state index is 0.558. The summed E-state index contributed by atoms with van der Waals surface area (Å²) in [6.07, 6.45) is 1.75. The van der Waals surface area contributed by atoms with Crippen molar-refractivity contribution in [1.82, 2.24) is 4.90 Å². The van der Waals surface area contributed by atoms with Crippen molar-refractivity contribution in [3.05, 3.63) is 51.5 Å². The number of hydrogen-bond donors (Lipinski definition) is 1. The van der Waals surface area contributed by atoms with E-state index in [0.717, 1.165) is 23.5 Å². The maximum atomic E-state index is 6.38. The van der Waals surface area contributed by atoms with Crippen LogP contribution in [0.2, 0.25) is 10.0 Å². The number of aryl methyl sites for hydroxylation is 2. The van der Waals surface area contributed by atoms with Crippen molar-refractivity contribution in [1.29, 1.82) is 0 Å². The van der Waals surface area contributed by atoms with E-state index in [1.165, 1.54) is 5.56 Å². The number of aliphatic imine (C=N–C) groups is 1. The zero-order valence-corrected chi connectivity index (χ0v) is 15.3. The van der Waals surface area contributed by atoms with Crippen molar-refractivity contribution < 1.29 is 0 Å². The molecule has 5 heteroatoms. The second kappa shape index (κ2) is 7.71. The van der Waals surface area contributed by atoms with Gasteiger partial charge in [0.2, 0.25) is 0 Å². The molecule has 0 atom stereocenters. The van der Waals surface area contributed by atoms with Crippen LogP contribution in [0.25, 0.3) is 0 Å². The Bertz CT molecular complexity index is 726. The second-order valence-corrected chi connectivity index (χ2v) is 6.36. The normalized spacial score (nSPS) is 11.0. The Balaban J connectivity index is 2.29. The fraction of sp³-hybridized carbons (Fsp3) is 0.278. The number of hydrogen-bond acceptors (Lipinski definition) is 2. The molecule has 122 valence electrons. The molecule has 0 fully saturated rings. The topological polar surface area (TPSA) is 27.6 Å². The van der Waals surface area contributed by atoms with E-state index < -0.39 is 0 Å². The highest BCUT2D eigenvalue weighted by Crippen LogP contribution is 2.36. The molecule has 0 spiro atoms. The summed E-state index contributed by atoms with van der Waals surface area (Å²) in [5.74, 6) is 0. The molecular weight excluding hydrogens is 329 g/mol. The van der Waals surface area contributed by atoms with E-state index in [4.69, 9.17) is 23.2 Å². The largest absolute Gasteiger partial charge is 0.366 e. The van der Waals surface area contributed by atoms with E-state index in [-0.39, 0.29) is 0 Å². The van der Waals surface area contributed by atoms with Crippen LogP contribution in [0.5, 0.6) is 0 Å². The third-order valence-electron chi connectivity index (χ3n) is 3.59. The molecule has 0 aliphatic heterocycles. The van der Waals surface area contributed by atoms with E-state index in [2.05, 4.69) is 49.3 Å². The van der Waals surface area contributed by atoms with Crippen LogP contribution in [-0.2, 0) is 0 Å². The Morgan fingerprint density at radius 2 is 1.83 bits per heavy atom. The molecule has 2 rings (SSSR count).